The summed E-state index contributed by atoms with van der Waals surface area (Å²) in [5.41, 5.74) is 2.66. The van der Waals surface area contributed by atoms with Crippen LogP contribution < -0.4 is 10.1 Å². The lowest BCUT2D eigenvalue weighted by atomic mass is 10.0. The summed E-state index contributed by atoms with van der Waals surface area (Å²) >= 11 is 0. The number of benzene rings is 1. The molecule has 3 nitrogen and oxygen atoms in total. The molecular formula is C16H23NO2. The second-order valence-electron chi connectivity index (χ2n) is 5.84. The van der Waals surface area contributed by atoms with Gasteiger partial charge in [0, 0.05) is 26.1 Å². The predicted molar refractivity (Wildman–Crippen MR) is 75.7 cm³/mol. The first-order valence-corrected chi connectivity index (χ1v) is 7.31. The Bertz CT molecular complexity index is 446. The minimum Gasteiger partial charge on any atom is -0.488 e. The highest BCUT2D eigenvalue weighted by Crippen LogP contribution is 2.29. The fourth-order valence-corrected chi connectivity index (χ4v) is 3.04. The van der Waals surface area contributed by atoms with Crippen LogP contribution in [-0.2, 0) is 11.2 Å². The molecule has 0 aromatic heterocycles. The first kappa shape index (κ1) is 12.9. The SMILES string of the molecule is Cc1ccc2c(c1)CC(CNCC1CCOC1C)O2. The Balaban J connectivity index is 1.46. The van der Waals surface area contributed by atoms with Crippen LogP contribution in [0.2, 0.25) is 0 Å². The maximum Gasteiger partial charge on any atom is 0.123 e. The summed E-state index contributed by atoms with van der Waals surface area (Å²) in [7, 11) is 0. The van der Waals surface area contributed by atoms with E-state index in [-0.39, 0.29) is 6.10 Å². The molecule has 0 radical (unpaired) electrons. The van der Waals surface area contributed by atoms with Gasteiger partial charge in [0.05, 0.1) is 6.10 Å². The highest BCUT2D eigenvalue weighted by molar-refractivity contribution is 5.40. The minimum absolute atomic E-state index is 0.287. The first-order valence-electron chi connectivity index (χ1n) is 7.31. The number of hydrogen-bond acceptors (Lipinski definition) is 3. The standard InChI is InChI=1S/C16H23NO2/c1-11-3-4-16-14(7-11)8-15(19-16)10-17-9-13-5-6-18-12(13)2/h3-4,7,12-13,15,17H,5-6,8-10H2,1-2H3. The van der Waals surface area contributed by atoms with Crippen LogP contribution in [0.3, 0.4) is 0 Å². The Labute approximate surface area is 115 Å². The molecule has 1 fully saturated rings. The minimum atomic E-state index is 0.287. The number of ether oxygens (including phenoxy) is 2. The van der Waals surface area contributed by atoms with Gasteiger partial charge in [-0.25, -0.2) is 0 Å². The normalized spacial score (nSPS) is 29.3. The second kappa shape index (κ2) is 5.51. The van der Waals surface area contributed by atoms with E-state index in [1.54, 1.807) is 0 Å². The Morgan fingerprint density at radius 3 is 3.00 bits per heavy atom. The molecule has 0 saturated carbocycles. The largest absolute Gasteiger partial charge is 0.488 e. The second-order valence-corrected chi connectivity index (χ2v) is 5.84. The van der Waals surface area contributed by atoms with Gasteiger partial charge in [-0.1, -0.05) is 17.7 Å². The van der Waals surface area contributed by atoms with E-state index < -0.39 is 0 Å². The van der Waals surface area contributed by atoms with Crippen molar-refractivity contribution in [3.8, 4) is 5.75 Å². The van der Waals surface area contributed by atoms with Gasteiger partial charge in [0.2, 0.25) is 0 Å². The van der Waals surface area contributed by atoms with Crippen molar-refractivity contribution >= 4 is 0 Å². The van der Waals surface area contributed by atoms with Gasteiger partial charge >= 0.3 is 0 Å². The van der Waals surface area contributed by atoms with Crippen LogP contribution in [0.4, 0.5) is 0 Å². The molecule has 0 aliphatic carbocycles. The van der Waals surface area contributed by atoms with E-state index >= 15 is 0 Å². The molecule has 19 heavy (non-hydrogen) atoms. The lowest BCUT2D eigenvalue weighted by molar-refractivity contribution is 0.104. The highest BCUT2D eigenvalue weighted by atomic mass is 16.5. The average Bonchev–Trinajstić information content (AvgIpc) is 2.95. The first-order chi connectivity index (χ1) is 9.22. The van der Waals surface area contributed by atoms with E-state index in [9.17, 15) is 0 Å². The Kier molecular flexibility index (Phi) is 3.76. The van der Waals surface area contributed by atoms with E-state index in [1.165, 1.54) is 17.5 Å². The van der Waals surface area contributed by atoms with E-state index in [2.05, 4.69) is 37.4 Å². The number of aryl methyl sites for hydroxylation is 1. The molecule has 0 bridgehead atoms. The number of nitrogens with one attached hydrogen (secondary N) is 1. The highest BCUT2D eigenvalue weighted by Gasteiger charge is 2.26. The van der Waals surface area contributed by atoms with Crippen molar-refractivity contribution in [3.63, 3.8) is 0 Å². The molecule has 2 heterocycles. The fourth-order valence-electron chi connectivity index (χ4n) is 3.04. The van der Waals surface area contributed by atoms with Crippen molar-refractivity contribution in [2.45, 2.75) is 38.9 Å². The van der Waals surface area contributed by atoms with Gasteiger partial charge < -0.3 is 14.8 Å². The van der Waals surface area contributed by atoms with Crippen LogP contribution in [-0.4, -0.2) is 31.9 Å². The van der Waals surface area contributed by atoms with E-state index in [0.717, 1.165) is 31.9 Å². The lowest BCUT2D eigenvalue weighted by Crippen LogP contribution is -2.35. The number of hydrogen-bond donors (Lipinski definition) is 1. The van der Waals surface area contributed by atoms with E-state index in [1.807, 2.05) is 0 Å². The van der Waals surface area contributed by atoms with E-state index in [4.69, 9.17) is 9.47 Å². The van der Waals surface area contributed by atoms with Gasteiger partial charge in [-0.2, -0.15) is 0 Å². The quantitative estimate of drug-likeness (QED) is 0.902. The number of rotatable bonds is 4. The zero-order chi connectivity index (χ0) is 13.2. The molecule has 3 unspecified atom stereocenters. The summed E-state index contributed by atoms with van der Waals surface area (Å²) < 4.78 is 11.5. The molecule has 2 aliphatic heterocycles. The lowest BCUT2D eigenvalue weighted by Gasteiger charge is -2.17. The zero-order valence-electron chi connectivity index (χ0n) is 11.8. The summed E-state index contributed by atoms with van der Waals surface area (Å²) in [6, 6.07) is 6.45. The number of fused-ring (bicyclic) bond motifs is 1. The van der Waals surface area contributed by atoms with Crippen molar-refractivity contribution in [1.82, 2.24) is 5.32 Å². The summed E-state index contributed by atoms with van der Waals surface area (Å²) in [5.74, 6) is 1.72. The molecule has 1 aromatic carbocycles. The van der Waals surface area contributed by atoms with Gasteiger partial charge in [0.15, 0.2) is 0 Å². The molecule has 0 spiro atoms. The third-order valence-corrected chi connectivity index (χ3v) is 4.27. The molecular weight excluding hydrogens is 238 g/mol. The van der Waals surface area contributed by atoms with Crippen LogP contribution >= 0.6 is 0 Å². The third kappa shape index (κ3) is 2.93. The van der Waals surface area contributed by atoms with Crippen LogP contribution in [0, 0.1) is 12.8 Å². The van der Waals surface area contributed by atoms with Crippen LogP contribution in [0.25, 0.3) is 0 Å². The summed E-state index contributed by atoms with van der Waals surface area (Å²) in [5, 5.41) is 3.54. The topological polar surface area (TPSA) is 30.5 Å². The van der Waals surface area contributed by atoms with Crippen molar-refractivity contribution in [2.75, 3.05) is 19.7 Å². The third-order valence-electron chi connectivity index (χ3n) is 4.27. The van der Waals surface area contributed by atoms with Gasteiger partial charge in [-0.3, -0.25) is 0 Å². The van der Waals surface area contributed by atoms with Crippen LogP contribution in [0.15, 0.2) is 18.2 Å². The van der Waals surface area contributed by atoms with Gasteiger partial charge in [-0.05, 0) is 37.8 Å². The Morgan fingerprint density at radius 2 is 2.21 bits per heavy atom. The van der Waals surface area contributed by atoms with Crippen molar-refractivity contribution in [2.24, 2.45) is 5.92 Å². The van der Waals surface area contributed by atoms with E-state index in [0.29, 0.717) is 12.0 Å². The van der Waals surface area contributed by atoms with Gasteiger partial charge in [0.1, 0.15) is 11.9 Å². The molecule has 3 heteroatoms. The Morgan fingerprint density at radius 1 is 1.32 bits per heavy atom. The van der Waals surface area contributed by atoms with Crippen molar-refractivity contribution < 1.29 is 9.47 Å². The molecule has 3 atom stereocenters. The molecule has 1 saturated heterocycles. The maximum absolute atomic E-state index is 5.96. The molecule has 3 rings (SSSR count). The molecule has 104 valence electrons. The van der Waals surface area contributed by atoms with Crippen LogP contribution in [0.1, 0.15) is 24.5 Å². The van der Waals surface area contributed by atoms with Gasteiger partial charge in [0.25, 0.3) is 0 Å². The molecule has 2 aliphatic rings. The zero-order valence-corrected chi connectivity index (χ0v) is 11.8. The summed E-state index contributed by atoms with van der Waals surface area (Å²) in [6.07, 6.45) is 2.89. The van der Waals surface area contributed by atoms with Gasteiger partial charge in [-0.15, -0.1) is 0 Å². The van der Waals surface area contributed by atoms with Crippen molar-refractivity contribution in [3.05, 3.63) is 29.3 Å². The maximum atomic E-state index is 5.96. The average molecular weight is 261 g/mol. The van der Waals surface area contributed by atoms with Crippen molar-refractivity contribution in [1.29, 1.82) is 0 Å². The summed E-state index contributed by atoms with van der Waals surface area (Å²) in [4.78, 5) is 0. The molecule has 1 N–H and O–H groups in total. The predicted octanol–water partition coefficient (Wildman–Crippen LogP) is 2.31. The molecule has 0 amide bonds. The Hall–Kier alpha value is -1.06. The smallest absolute Gasteiger partial charge is 0.123 e. The summed E-state index contributed by atoms with van der Waals surface area (Å²) in [6.45, 7) is 7.18. The van der Waals surface area contributed by atoms with Crippen LogP contribution in [0.5, 0.6) is 5.75 Å². The fraction of sp³-hybridized carbons (Fsp3) is 0.625. The monoisotopic (exact) mass is 261 g/mol. The molecule has 1 aromatic rings.